The molecule has 0 saturated carbocycles. The van der Waals surface area contributed by atoms with Crippen molar-refractivity contribution in [2.24, 2.45) is 16.2 Å². The predicted octanol–water partition coefficient (Wildman–Crippen LogP) is 5.13. The molecule has 0 unspecified atom stereocenters. The Morgan fingerprint density at radius 2 is 0.462 bits per heavy atom. The summed E-state index contributed by atoms with van der Waals surface area (Å²) in [6.07, 6.45) is 0. The molecule has 0 spiro atoms. The first-order valence-electron chi connectivity index (χ1n) is 5.25. The quantitative estimate of drug-likeness (QED) is 0.492. The first-order chi connectivity index (χ1) is 5.25. The summed E-state index contributed by atoms with van der Waals surface area (Å²) in [5, 5.41) is 0. The van der Waals surface area contributed by atoms with Crippen LogP contribution in [0.15, 0.2) is 0 Å². The van der Waals surface area contributed by atoms with Crippen molar-refractivity contribution in [1.82, 2.24) is 0 Å². The van der Waals surface area contributed by atoms with Gasteiger partial charge in [-0.15, -0.1) is 0 Å². The Hall–Kier alpha value is 0. The molecule has 0 nitrogen and oxygen atoms in total. The first-order valence-corrected chi connectivity index (χ1v) is 5.25. The SMILES string of the molecule is CC(C)(C)C.CC(C)(C)C(C)(C)C. The van der Waals surface area contributed by atoms with Crippen molar-refractivity contribution in [3.05, 3.63) is 0 Å². The van der Waals surface area contributed by atoms with Crippen LogP contribution >= 0.6 is 0 Å². The molecule has 0 aromatic rings. The van der Waals surface area contributed by atoms with Gasteiger partial charge in [-0.05, 0) is 16.2 Å². The molecule has 0 atom stereocenters. The fraction of sp³-hybridized carbons (Fsp3) is 1.00. The molecular formula is C13H30. The summed E-state index contributed by atoms with van der Waals surface area (Å²) < 4.78 is 0. The minimum Gasteiger partial charge on any atom is -0.0604 e. The highest BCUT2D eigenvalue weighted by Gasteiger charge is 2.26. The van der Waals surface area contributed by atoms with Crippen LogP contribution in [0.2, 0.25) is 0 Å². The number of hydrogen-bond donors (Lipinski definition) is 0. The molecule has 0 fully saturated rings. The van der Waals surface area contributed by atoms with Crippen LogP contribution in [0.4, 0.5) is 0 Å². The minimum absolute atomic E-state index is 0.437. The molecule has 0 rings (SSSR count). The zero-order chi connectivity index (χ0) is 11.5. The summed E-state index contributed by atoms with van der Waals surface area (Å²) in [5.74, 6) is 0. The van der Waals surface area contributed by atoms with E-state index in [-0.39, 0.29) is 0 Å². The number of rotatable bonds is 0. The van der Waals surface area contributed by atoms with Gasteiger partial charge in [0.25, 0.3) is 0 Å². The lowest BCUT2D eigenvalue weighted by molar-refractivity contribution is 0.157. The zero-order valence-electron chi connectivity index (χ0n) is 11.5. The average molecular weight is 186 g/mol. The van der Waals surface area contributed by atoms with E-state index in [2.05, 4.69) is 69.2 Å². The summed E-state index contributed by atoms with van der Waals surface area (Å²) in [4.78, 5) is 0. The van der Waals surface area contributed by atoms with Gasteiger partial charge in [0.2, 0.25) is 0 Å². The van der Waals surface area contributed by atoms with Gasteiger partial charge in [0.05, 0.1) is 0 Å². The molecule has 0 aliphatic heterocycles. The molecule has 82 valence electrons. The predicted molar refractivity (Wildman–Crippen MR) is 64.0 cm³/mol. The van der Waals surface area contributed by atoms with E-state index in [9.17, 15) is 0 Å². The Balaban J connectivity index is 0. The van der Waals surface area contributed by atoms with Crippen LogP contribution in [0, 0.1) is 16.2 Å². The second-order valence-electron chi connectivity index (χ2n) is 7.50. The van der Waals surface area contributed by atoms with E-state index in [1.165, 1.54) is 0 Å². The Kier molecular flexibility index (Phi) is 5.33. The Bertz CT molecular complexity index is 104. The van der Waals surface area contributed by atoms with Crippen LogP contribution in [0.5, 0.6) is 0 Å². The van der Waals surface area contributed by atoms with Gasteiger partial charge in [0, 0.05) is 0 Å². The molecule has 0 aromatic carbocycles. The van der Waals surface area contributed by atoms with E-state index < -0.39 is 0 Å². The molecule has 0 radical (unpaired) electrons. The van der Waals surface area contributed by atoms with E-state index in [4.69, 9.17) is 0 Å². The second-order valence-corrected chi connectivity index (χ2v) is 7.50. The van der Waals surface area contributed by atoms with Crippen molar-refractivity contribution in [3.8, 4) is 0 Å². The lowest BCUT2D eigenvalue weighted by Gasteiger charge is -2.34. The van der Waals surface area contributed by atoms with Crippen molar-refractivity contribution in [2.45, 2.75) is 69.2 Å². The van der Waals surface area contributed by atoms with Gasteiger partial charge in [-0.1, -0.05) is 69.2 Å². The molecule has 0 amide bonds. The van der Waals surface area contributed by atoms with Gasteiger partial charge >= 0.3 is 0 Å². The Labute approximate surface area is 86.1 Å². The van der Waals surface area contributed by atoms with Crippen molar-refractivity contribution in [1.29, 1.82) is 0 Å². The van der Waals surface area contributed by atoms with Crippen molar-refractivity contribution in [2.75, 3.05) is 0 Å². The summed E-state index contributed by atoms with van der Waals surface area (Å²) >= 11 is 0. The van der Waals surface area contributed by atoms with Crippen LogP contribution in [0.3, 0.4) is 0 Å². The maximum atomic E-state index is 2.27. The van der Waals surface area contributed by atoms with Gasteiger partial charge in [-0.3, -0.25) is 0 Å². The van der Waals surface area contributed by atoms with E-state index in [1.54, 1.807) is 0 Å². The standard InChI is InChI=1S/C8H18.C5H12/c1-7(2,3)8(4,5)6;1-5(2,3)4/h1-6H3;1-4H3. The first kappa shape index (κ1) is 15.5. The largest absolute Gasteiger partial charge is 0.0604 e. The highest BCUT2D eigenvalue weighted by Crippen LogP contribution is 2.36. The number of hydrogen-bond acceptors (Lipinski definition) is 0. The monoisotopic (exact) mass is 186 g/mol. The van der Waals surface area contributed by atoms with Crippen LogP contribution < -0.4 is 0 Å². The third-order valence-electron chi connectivity index (χ3n) is 2.25. The molecule has 0 heteroatoms. The average Bonchev–Trinajstić information content (AvgIpc) is 1.50. The molecule has 13 heavy (non-hydrogen) atoms. The fourth-order valence-corrected chi connectivity index (χ4v) is 0. The fourth-order valence-electron chi connectivity index (χ4n) is 0. The Morgan fingerprint density at radius 1 is 0.385 bits per heavy atom. The molecule has 0 saturated heterocycles. The maximum absolute atomic E-state index is 2.27. The van der Waals surface area contributed by atoms with Gasteiger partial charge in [-0.25, -0.2) is 0 Å². The second kappa shape index (κ2) is 4.48. The van der Waals surface area contributed by atoms with Crippen molar-refractivity contribution < 1.29 is 0 Å². The van der Waals surface area contributed by atoms with Crippen LogP contribution in [0.1, 0.15) is 69.2 Å². The van der Waals surface area contributed by atoms with Gasteiger partial charge < -0.3 is 0 Å². The lowest BCUT2D eigenvalue weighted by Crippen LogP contribution is -2.25. The molecule has 0 bridgehead atoms. The molecule has 0 aliphatic rings. The lowest BCUT2D eigenvalue weighted by atomic mass is 9.71. The van der Waals surface area contributed by atoms with Crippen LogP contribution in [-0.2, 0) is 0 Å². The van der Waals surface area contributed by atoms with E-state index in [1.807, 2.05) is 0 Å². The zero-order valence-corrected chi connectivity index (χ0v) is 11.5. The summed E-state index contributed by atoms with van der Waals surface area (Å²) in [6.45, 7) is 22.4. The normalized spacial score (nSPS) is 13.4. The van der Waals surface area contributed by atoms with Gasteiger partial charge in [0.1, 0.15) is 0 Å². The highest BCUT2D eigenvalue weighted by atomic mass is 14.3. The molecule has 0 aliphatic carbocycles. The van der Waals surface area contributed by atoms with Crippen LogP contribution in [0.25, 0.3) is 0 Å². The van der Waals surface area contributed by atoms with Crippen LogP contribution in [-0.4, -0.2) is 0 Å². The molecule has 0 aromatic heterocycles. The van der Waals surface area contributed by atoms with E-state index in [0.717, 1.165) is 0 Å². The van der Waals surface area contributed by atoms with E-state index in [0.29, 0.717) is 16.2 Å². The van der Waals surface area contributed by atoms with Crippen molar-refractivity contribution >= 4 is 0 Å². The van der Waals surface area contributed by atoms with Gasteiger partial charge in [0.15, 0.2) is 0 Å². The molecule has 0 N–H and O–H groups in total. The third kappa shape index (κ3) is 14.8. The smallest absolute Gasteiger partial charge is 0.0334 e. The Morgan fingerprint density at radius 3 is 0.462 bits per heavy atom. The van der Waals surface area contributed by atoms with Crippen molar-refractivity contribution in [3.63, 3.8) is 0 Å². The maximum Gasteiger partial charge on any atom is -0.0334 e. The molecule has 0 heterocycles. The van der Waals surface area contributed by atoms with E-state index >= 15 is 0 Å². The minimum atomic E-state index is 0.437. The summed E-state index contributed by atoms with van der Waals surface area (Å²) in [7, 11) is 0. The van der Waals surface area contributed by atoms with Gasteiger partial charge in [-0.2, -0.15) is 0 Å². The topological polar surface area (TPSA) is 0 Å². The third-order valence-corrected chi connectivity index (χ3v) is 2.25. The molecular weight excluding hydrogens is 156 g/mol. The highest BCUT2D eigenvalue weighted by molar-refractivity contribution is 4.77. The summed E-state index contributed by atoms with van der Waals surface area (Å²) in [5.41, 5.74) is 1.38. The summed E-state index contributed by atoms with van der Waals surface area (Å²) in [6, 6.07) is 0.